The molecule has 0 aromatic heterocycles. The van der Waals surface area contributed by atoms with E-state index in [2.05, 4.69) is 5.32 Å². The predicted octanol–water partition coefficient (Wildman–Crippen LogP) is 0.432. The Morgan fingerprint density at radius 1 is 1.47 bits per heavy atom. The van der Waals surface area contributed by atoms with Crippen LogP contribution in [-0.4, -0.2) is 38.8 Å². The Kier molecular flexibility index (Phi) is 5.19. The molecule has 1 heterocycles. The molecule has 1 saturated heterocycles. The molecule has 0 unspecified atom stereocenters. The Balaban J connectivity index is 1.84. The van der Waals surface area contributed by atoms with Crippen molar-refractivity contribution in [3.05, 3.63) is 34.9 Å². The van der Waals surface area contributed by atoms with Crippen molar-refractivity contribution < 1.29 is 14.4 Å². The summed E-state index contributed by atoms with van der Waals surface area (Å²) in [6, 6.07) is 7.56. The minimum atomic E-state index is -0.0216. The Morgan fingerprint density at radius 3 is 2.89 bits per heavy atom. The normalized spacial score (nSPS) is 18.0. The average Bonchev–Trinajstić information content (AvgIpc) is 2.39. The minimum Gasteiger partial charge on any atom is -0.370 e. The van der Waals surface area contributed by atoms with Crippen LogP contribution in [0.4, 0.5) is 0 Å². The van der Waals surface area contributed by atoms with Gasteiger partial charge in [-0.25, -0.2) is 0 Å². The standard InChI is InChI=1S/C14H19ClN2O2/c1-11(12-3-2-4-13(15)9-12)16-14(18)10-17-5-7-19-8-6-17/h2-4,9,11H,5-8,10H2,1H3,(H,16,18)/p+1/t11-/m1/s1. The van der Waals surface area contributed by atoms with Crippen LogP contribution in [0.1, 0.15) is 18.5 Å². The number of amides is 1. The highest BCUT2D eigenvalue weighted by molar-refractivity contribution is 6.30. The molecule has 1 fully saturated rings. The van der Waals surface area contributed by atoms with Crippen molar-refractivity contribution in [1.82, 2.24) is 5.32 Å². The second-order valence-electron chi connectivity index (χ2n) is 4.88. The van der Waals surface area contributed by atoms with Crippen molar-refractivity contribution in [3.63, 3.8) is 0 Å². The molecular formula is C14H20ClN2O2+. The molecule has 0 aliphatic carbocycles. The van der Waals surface area contributed by atoms with Gasteiger partial charge in [0.2, 0.25) is 0 Å². The number of morpholine rings is 1. The maximum Gasteiger partial charge on any atom is 0.275 e. The topological polar surface area (TPSA) is 42.8 Å². The second kappa shape index (κ2) is 6.89. The summed E-state index contributed by atoms with van der Waals surface area (Å²) in [5.41, 5.74) is 1.03. The third-order valence-electron chi connectivity index (χ3n) is 3.34. The monoisotopic (exact) mass is 283 g/mol. The number of nitrogens with one attached hydrogen (secondary N) is 2. The van der Waals surface area contributed by atoms with Crippen LogP contribution in [-0.2, 0) is 9.53 Å². The van der Waals surface area contributed by atoms with Gasteiger partial charge in [0.1, 0.15) is 13.1 Å². The number of halogens is 1. The molecule has 0 saturated carbocycles. The zero-order chi connectivity index (χ0) is 13.7. The highest BCUT2D eigenvalue weighted by Gasteiger charge is 2.19. The van der Waals surface area contributed by atoms with Gasteiger partial charge >= 0.3 is 0 Å². The third-order valence-corrected chi connectivity index (χ3v) is 3.57. The van der Waals surface area contributed by atoms with E-state index in [0.717, 1.165) is 31.9 Å². The van der Waals surface area contributed by atoms with E-state index in [9.17, 15) is 4.79 Å². The Bertz CT molecular complexity index is 433. The fraction of sp³-hybridized carbons (Fsp3) is 0.500. The average molecular weight is 284 g/mol. The highest BCUT2D eigenvalue weighted by Crippen LogP contribution is 2.16. The fourth-order valence-electron chi connectivity index (χ4n) is 2.22. The van der Waals surface area contributed by atoms with Gasteiger partial charge in [-0.05, 0) is 24.6 Å². The molecule has 0 radical (unpaired) electrons. The number of hydrogen-bond donors (Lipinski definition) is 2. The number of carbonyl (C=O) groups is 1. The lowest BCUT2D eigenvalue weighted by atomic mass is 10.1. The van der Waals surface area contributed by atoms with Crippen molar-refractivity contribution in [2.45, 2.75) is 13.0 Å². The fourth-order valence-corrected chi connectivity index (χ4v) is 2.41. The predicted molar refractivity (Wildman–Crippen MR) is 74.4 cm³/mol. The molecule has 0 bridgehead atoms. The van der Waals surface area contributed by atoms with Gasteiger partial charge in [-0.2, -0.15) is 0 Å². The molecule has 4 nitrogen and oxygen atoms in total. The molecule has 1 atom stereocenters. The molecule has 104 valence electrons. The van der Waals surface area contributed by atoms with E-state index in [1.165, 1.54) is 4.90 Å². The van der Waals surface area contributed by atoms with Gasteiger partial charge in [0, 0.05) is 5.02 Å². The first kappa shape index (κ1) is 14.3. The molecule has 2 rings (SSSR count). The second-order valence-corrected chi connectivity index (χ2v) is 5.32. The quantitative estimate of drug-likeness (QED) is 0.842. The largest absolute Gasteiger partial charge is 0.370 e. The van der Waals surface area contributed by atoms with Crippen LogP contribution in [0.25, 0.3) is 0 Å². The van der Waals surface area contributed by atoms with Crippen LogP contribution in [0, 0.1) is 0 Å². The summed E-state index contributed by atoms with van der Waals surface area (Å²) in [7, 11) is 0. The molecule has 0 spiro atoms. The van der Waals surface area contributed by atoms with Crippen LogP contribution in [0.5, 0.6) is 0 Å². The Morgan fingerprint density at radius 2 is 2.21 bits per heavy atom. The van der Waals surface area contributed by atoms with E-state index in [-0.39, 0.29) is 11.9 Å². The van der Waals surface area contributed by atoms with E-state index < -0.39 is 0 Å². The maximum absolute atomic E-state index is 12.0. The molecule has 1 aromatic rings. The zero-order valence-electron chi connectivity index (χ0n) is 11.1. The van der Waals surface area contributed by atoms with Crippen molar-refractivity contribution in [2.75, 3.05) is 32.8 Å². The third kappa shape index (κ3) is 4.49. The number of rotatable bonds is 4. The summed E-state index contributed by atoms with van der Waals surface area (Å²) in [5.74, 6) is 0.0735. The van der Waals surface area contributed by atoms with Crippen LogP contribution < -0.4 is 10.2 Å². The van der Waals surface area contributed by atoms with Crippen LogP contribution in [0.15, 0.2) is 24.3 Å². The summed E-state index contributed by atoms with van der Waals surface area (Å²) < 4.78 is 5.28. The van der Waals surface area contributed by atoms with E-state index >= 15 is 0 Å². The minimum absolute atomic E-state index is 0.0216. The van der Waals surface area contributed by atoms with Gasteiger partial charge in [-0.1, -0.05) is 23.7 Å². The summed E-state index contributed by atoms with van der Waals surface area (Å²) in [5, 5.41) is 3.70. The Hall–Kier alpha value is -1.10. The van der Waals surface area contributed by atoms with E-state index in [1.807, 2.05) is 31.2 Å². The number of carbonyl (C=O) groups excluding carboxylic acids is 1. The first-order valence-corrected chi connectivity index (χ1v) is 6.99. The summed E-state index contributed by atoms with van der Waals surface area (Å²) >= 11 is 5.95. The SMILES string of the molecule is C[C@@H](NC(=O)C[NH+]1CCOCC1)c1cccc(Cl)c1. The molecule has 1 aliphatic heterocycles. The Labute approximate surface area is 118 Å². The van der Waals surface area contributed by atoms with Crippen LogP contribution in [0.2, 0.25) is 5.02 Å². The molecule has 1 amide bonds. The highest BCUT2D eigenvalue weighted by atomic mass is 35.5. The van der Waals surface area contributed by atoms with Gasteiger partial charge in [-0.3, -0.25) is 4.79 Å². The lowest BCUT2D eigenvalue weighted by Gasteiger charge is -2.24. The van der Waals surface area contributed by atoms with Gasteiger partial charge in [-0.15, -0.1) is 0 Å². The van der Waals surface area contributed by atoms with Gasteiger partial charge in [0.25, 0.3) is 5.91 Å². The van der Waals surface area contributed by atoms with Crippen molar-refractivity contribution in [1.29, 1.82) is 0 Å². The molecule has 1 aromatic carbocycles. The molecule has 2 N–H and O–H groups in total. The van der Waals surface area contributed by atoms with E-state index in [0.29, 0.717) is 11.6 Å². The van der Waals surface area contributed by atoms with Crippen LogP contribution in [0.3, 0.4) is 0 Å². The number of quaternary nitrogens is 1. The van der Waals surface area contributed by atoms with Gasteiger partial charge in [0.15, 0.2) is 6.54 Å². The molecule has 19 heavy (non-hydrogen) atoms. The van der Waals surface area contributed by atoms with Gasteiger partial charge in [0.05, 0.1) is 19.3 Å². The van der Waals surface area contributed by atoms with Gasteiger partial charge < -0.3 is 15.0 Å². The molecule has 5 heteroatoms. The lowest BCUT2D eigenvalue weighted by Crippen LogP contribution is -3.15. The maximum atomic E-state index is 12.0. The van der Waals surface area contributed by atoms with Crippen molar-refractivity contribution >= 4 is 17.5 Å². The number of benzene rings is 1. The molecule has 1 aliphatic rings. The summed E-state index contributed by atoms with van der Waals surface area (Å²) in [6.07, 6.45) is 0. The first-order chi connectivity index (χ1) is 9.15. The van der Waals surface area contributed by atoms with Crippen LogP contribution >= 0.6 is 11.6 Å². The van der Waals surface area contributed by atoms with Crippen molar-refractivity contribution in [3.8, 4) is 0 Å². The molecular weight excluding hydrogens is 264 g/mol. The van der Waals surface area contributed by atoms with Crippen molar-refractivity contribution in [2.24, 2.45) is 0 Å². The summed E-state index contributed by atoms with van der Waals surface area (Å²) in [4.78, 5) is 13.3. The lowest BCUT2D eigenvalue weighted by molar-refractivity contribution is -0.900. The summed E-state index contributed by atoms with van der Waals surface area (Å²) in [6.45, 7) is 5.77. The van der Waals surface area contributed by atoms with E-state index in [4.69, 9.17) is 16.3 Å². The van der Waals surface area contributed by atoms with E-state index in [1.54, 1.807) is 0 Å². The number of ether oxygens (including phenoxy) is 1. The zero-order valence-corrected chi connectivity index (χ0v) is 11.9. The smallest absolute Gasteiger partial charge is 0.275 e. The first-order valence-electron chi connectivity index (χ1n) is 6.61. The number of hydrogen-bond acceptors (Lipinski definition) is 2.